The number of amides is 2. The Morgan fingerprint density at radius 2 is 2.00 bits per heavy atom. The Morgan fingerprint density at radius 3 is 2.67 bits per heavy atom. The molecule has 9 heteroatoms. The molecule has 2 fully saturated rings. The Bertz CT molecular complexity index is 706. The summed E-state index contributed by atoms with van der Waals surface area (Å²) in [5.41, 5.74) is 0. The van der Waals surface area contributed by atoms with Crippen molar-refractivity contribution in [3.05, 3.63) is 30.5 Å². The van der Waals surface area contributed by atoms with Crippen LogP contribution >= 0.6 is 0 Å². The van der Waals surface area contributed by atoms with E-state index in [1.807, 2.05) is 17.0 Å². The van der Waals surface area contributed by atoms with E-state index in [2.05, 4.69) is 15.5 Å². The first-order chi connectivity index (χ1) is 11.7. The molecule has 2 aromatic rings. The minimum atomic E-state index is -0.0331. The minimum Gasteiger partial charge on any atom is -0.469 e. The molecular weight excluding hydrogens is 312 g/mol. The van der Waals surface area contributed by atoms with E-state index in [0.29, 0.717) is 26.2 Å². The summed E-state index contributed by atoms with van der Waals surface area (Å²) in [4.78, 5) is 28.3. The van der Waals surface area contributed by atoms with Gasteiger partial charge in [-0.05, 0) is 29.0 Å². The Kier molecular flexibility index (Phi) is 3.75. The highest BCUT2D eigenvalue weighted by atomic mass is 16.3. The van der Waals surface area contributed by atoms with Crippen molar-refractivity contribution in [2.45, 2.75) is 18.9 Å². The third-order valence-corrected chi connectivity index (χ3v) is 4.65. The molecule has 9 nitrogen and oxygen atoms in total. The van der Waals surface area contributed by atoms with E-state index in [1.165, 1.54) is 11.0 Å². The van der Waals surface area contributed by atoms with Crippen LogP contribution in [0.3, 0.4) is 0 Å². The monoisotopic (exact) mass is 330 g/mol. The van der Waals surface area contributed by atoms with Gasteiger partial charge in [0.15, 0.2) is 0 Å². The fourth-order valence-electron chi connectivity index (χ4n) is 3.19. The molecule has 2 amide bonds. The first-order valence-electron chi connectivity index (χ1n) is 8.03. The van der Waals surface area contributed by atoms with Gasteiger partial charge in [-0.2, -0.15) is 0 Å². The Morgan fingerprint density at radius 1 is 1.21 bits per heavy atom. The number of tetrazole rings is 1. The second-order valence-electron chi connectivity index (χ2n) is 6.18. The fourth-order valence-corrected chi connectivity index (χ4v) is 3.19. The second-order valence-corrected chi connectivity index (χ2v) is 6.18. The molecule has 2 aliphatic rings. The topological polar surface area (TPSA) is 97.4 Å². The lowest BCUT2D eigenvalue weighted by Gasteiger charge is -2.35. The molecule has 2 unspecified atom stereocenters. The molecule has 126 valence electrons. The van der Waals surface area contributed by atoms with Crippen molar-refractivity contribution in [1.29, 1.82) is 0 Å². The molecule has 0 bridgehead atoms. The smallest absolute Gasteiger partial charge is 0.244 e. The van der Waals surface area contributed by atoms with Gasteiger partial charge in [0.1, 0.15) is 18.6 Å². The number of piperazine rings is 1. The summed E-state index contributed by atoms with van der Waals surface area (Å²) in [5, 5.41) is 10.7. The summed E-state index contributed by atoms with van der Waals surface area (Å²) < 4.78 is 6.78. The average molecular weight is 330 g/mol. The summed E-state index contributed by atoms with van der Waals surface area (Å²) >= 11 is 0. The molecule has 0 radical (unpaired) electrons. The van der Waals surface area contributed by atoms with Gasteiger partial charge in [0.05, 0.1) is 6.26 Å². The molecular formula is C15H18N6O3. The van der Waals surface area contributed by atoms with Crippen LogP contribution in [0.4, 0.5) is 0 Å². The van der Waals surface area contributed by atoms with Crippen LogP contribution in [0.5, 0.6) is 0 Å². The molecule has 3 heterocycles. The Labute approximate surface area is 138 Å². The number of furan rings is 1. The first kappa shape index (κ1) is 14.9. The van der Waals surface area contributed by atoms with E-state index in [9.17, 15) is 9.59 Å². The lowest BCUT2D eigenvalue weighted by Crippen LogP contribution is -2.51. The zero-order valence-corrected chi connectivity index (χ0v) is 13.1. The maximum atomic E-state index is 12.5. The standard InChI is InChI=1S/C15H18N6O3/c22-14(9-21-10-16-17-18-21)19-3-5-20(6-4-19)15(23)12-8-11(12)13-2-1-7-24-13/h1-2,7,10-12H,3-6,8-9H2. The number of hydrogen-bond donors (Lipinski definition) is 0. The van der Waals surface area contributed by atoms with Gasteiger partial charge in [-0.15, -0.1) is 5.10 Å². The lowest BCUT2D eigenvalue weighted by molar-refractivity contribution is -0.140. The first-order valence-corrected chi connectivity index (χ1v) is 8.03. The number of nitrogens with zero attached hydrogens (tertiary/aromatic N) is 6. The van der Waals surface area contributed by atoms with E-state index < -0.39 is 0 Å². The molecule has 2 atom stereocenters. The summed E-state index contributed by atoms with van der Waals surface area (Å²) in [5.74, 6) is 1.27. The highest BCUT2D eigenvalue weighted by Crippen LogP contribution is 2.48. The molecule has 24 heavy (non-hydrogen) atoms. The summed E-state index contributed by atoms with van der Waals surface area (Å²) in [6.45, 7) is 2.36. The van der Waals surface area contributed by atoms with Gasteiger partial charge in [-0.1, -0.05) is 0 Å². The highest BCUT2D eigenvalue weighted by Gasteiger charge is 2.47. The van der Waals surface area contributed by atoms with E-state index in [0.717, 1.165) is 12.2 Å². The van der Waals surface area contributed by atoms with Crippen molar-refractivity contribution in [2.75, 3.05) is 26.2 Å². The Balaban J connectivity index is 1.27. The highest BCUT2D eigenvalue weighted by molar-refractivity contribution is 5.83. The van der Waals surface area contributed by atoms with Crippen LogP contribution in [-0.2, 0) is 16.1 Å². The normalized spacial score (nSPS) is 23.3. The van der Waals surface area contributed by atoms with Crippen molar-refractivity contribution in [3.63, 3.8) is 0 Å². The van der Waals surface area contributed by atoms with Crippen LogP contribution in [0.25, 0.3) is 0 Å². The van der Waals surface area contributed by atoms with Crippen molar-refractivity contribution in [3.8, 4) is 0 Å². The van der Waals surface area contributed by atoms with Crippen LogP contribution < -0.4 is 0 Å². The molecule has 0 N–H and O–H groups in total. The molecule has 1 aliphatic heterocycles. The maximum absolute atomic E-state index is 12.5. The van der Waals surface area contributed by atoms with Crippen molar-refractivity contribution >= 4 is 11.8 Å². The summed E-state index contributed by atoms with van der Waals surface area (Å²) in [7, 11) is 0. The van der Waals surface area contributed by atoms with E-state index in [-0.39, 0.29) is 30.2 Å². The SMILES string of the molecule is O=C(Cn1cnnn1)N1CCN(C(=O)C2CC2c2ccco2)CC1. The van der Waals surface area contributed by atoms with Crippen LogP contribution in [0.15, 0.2) is 29.1 Å². The van der Waals surface area contributed by atoms with Crippen LogP contribution in [0.1, 0.15) is 18.1 Å². The quantitative estimate of drug-likeness (QED) is 0.766. The number of rotatable bonds is 4. The predicted octanol–water partition coefficient (Wildman–Crippen LogP) is -0.259. The fraction of sp³-hybridized carbons (Fsp3) is 0.533. The van der Waals surface area contributed by atoms with E-state index >= 15 is 0 Å². The molecule has 1 saturated heterocycles. The van der Waals surface area contributed by atoms with Gasteiger partial charge in [-0.3, -0.25) is 9.59 Å². The number of aromatic nitrogens is 4. The van der Waals surface area contributed by atoms with Crippen LogP contribution in [-0.4, -0.2) is 68.0 Å². The number of carbonyl (C=O) groups is 2. The number of hydrogen-bond acceptors (Lipinski definition) is 6. The second kappa shape index (κ2) is 6.06. The van der Waals surface area contributed by atoms with Crippen LogP contribution in [0.2, 0.25) is 0 Å². The Hall–Kier alpha value is -2.71. The van der Waals surface area contributed by atoms with Gasteiger partial charge in [0.2, 0.25) is 11.8 Å². The number of carbonyl (C=O) groups excluding carboxylic acids is 2. The molecule has 4 rings (SSSR count). The zero-order chi connectivity index (χ0) is 16.5. The van der Waals surface area contributed by atoms with Crippen molar-refractivity contribution < 1.29 is 14.0 Å². The largest absolute Gasteiger partial charge is 0.469 e. The van der Waals surface area contributed by atoms with Crippen LogP contribution in [0, 0.1) is 5.92 Å². The lowest BCUT2D eigenvalue weighted by atomic mass is 10.2. The predicted molar refractivity (Wildman–Crippen MR) is 80.5 cm³/mol. The van der Waals surface area contributed by atoms with E-state index in [4.69, 9.17) is 4.42 Å². The molecule has 2 aromatic heterocycles. The van der Waals surface area contributed by atoms with Crippen molar-refractivity contribution in [1.82, 2.24) is 30.0 Å². The van der Waals surface area contributed by atoms with Gasteiger partial charge >= 0.3 is 0 Å². The van der Waals surface area contributed by atoms with Gasteiger partial charge in [-0.25, -0.2) is 4.68 Å². The third-order valence-electron chi connectivity index (χ3n) is 4.65. The average Bonchev–Trinajstić information content (AvgIpc) is 3.01. The van der Waals surface area contributed by atoms with Crippen molar-refractivity contribution in [2.24, 2.45) is 5.92 Å². The van der Waals surface area contributed by atoms with Gasteiger partial charge in [0.25, 0.3) is 0 Å². The van der Waals surface area contributed by atoms with E-state index in [1.54, 1.807) is 11.2 Å². The molecule has 1 aliphatic carbocycles. The minimum absolute atomic E-state index is 0.0274. The van der Waals surface area contributed by atoms with Gasteiger partial charge < -0.3 is 14.2 Å². The van der Waals surface area contributed by atoms with Gasteiger partial charge in [0, 0.05) is 38.0 Å². The molecule has 0 spiro atoms. The maximum Gasteiger partial charge on any atom is 0.244 e. The molecule has 0 aromatic carbocycles. The molecule has 1 saturated carbocycles. The summed E-state index contributed by atoms with van der Waals surface area (Å²) in [6.07, 6.45) is 3.91. The zero-order valence-electron chi connectivity index (χ0n) is 13.1. The third kappa shape index (κ3) is 2.89. The summed E-state index contributed by atoms with van der Waals surface area (Å²) in [6, 6.07) is 3.78.